The van der Waals surface area contributed by atoms with E-state index in [2.05, 4.69) is 16.5 Å². The third-order valence-corrected chi connectivity index (χ3v) is 4.42. The van der Waals surface area contributed by atoms with Crippen LogP contribution in [0.1, 0.15) is 32.7 Å². The van der Waals surface area contributed by atoms with E-state index in [9.17, 15) is 4.79 Å². The van der Waals surface area contributed by atoms with E-state index in [0.29, 0.717) is 12.1 Å². The molecule has 0 saturated heterocycles. The summed E-state index contributed by atoms with van der Waals surface area (Å²) in [5.74, 6) is -0.142. The van der Waals surface area contributed by atoms with Crippen LogP contribution in [-0.4, -0.2) is 22.2 Å². The first-order chi connectivity index (χ1) is 10.6. The lowest BCUT2D eigenvalue weighted by molar-refractivity contribution is 0.0948. The second kappa shape index (κ2) is 6.19. The van der Waals surface area contributed by atoms with E-state index in [0.717, 1.165) is 11.4 Å². The van der Waals surface area contributed by atoms with Crippen molar-refractivity contribution < 1.29 is 9.21 Å². The van der Waals surface area contributed by atoms with E-state index < -0.39 is 0 Å². The minimum absolute atomic E-state index is 0.00967. The van der Waals surface area contributed by atoms with Gasteiger partial charge in [0.1, 0.15) is 12.3 Å². The van der Waals surface area contributed by atoms with Gasteiger partial charge in [-0.2, -0.15) is 5.10 Å². The monoisotopic (exact) mass is 315 g/mol. The Bertz CT molecular complexity index is 745. The molecule has 1 N–H and O–H groups in total. The Labute approximate surface area is 132 Å². The van der Waals surface area contributed by atoms with Crippen LogP contribution in [0.5, 0.6) is 0 Å². The number of hydrogen-bond donors (Lipinski definition) is 1. The van der Waals surface area contributed by atoms with Crippen molar-refractivity contribution in [3.63, 3.8) is 0 Å². The SMILES string of the molecule is Cc1cc(C)n([C@H](CNC(=O)c2ccoc2)c2cccs2)n1. The van der Waals surface area contributed by atoms with Crippen LogP contribution in [0.15, 0.2) is 46.6 Å². The van der Waals surface area contributed by atoms with Crippen LogP contribution in [0.4, 0.5) is 0 Å². The third-order valence-electron chi connectivity index (χ3n) is 3.45. The van der Waals surface area contributed by atoms with Crippen molar-refractivity contribution in [1.29, 1.82) is 0 Å². The number of carbonyl (C=O) groups is 1. The molecule has 1 amide bonds. The van der Waals surface area contributed by atoms with Crippen LogP contribution < -0.4 is 5.32 Å². The molecular weight excluding hydrogens is 298 g/mol. The van der Waals surface area contributed by atoms with Gasteiger partial charge in [-0.3, -0.25) is 9.48 Å². The van der Waals surface area contributed by atoms with Crippen LogP contribution in [0.2, 0.25) is 0 Å². The van der Waals surface area contributed by atoms with Gasteiger partial charge in [0.05, 0.1) is 17.5 Å². The second-order valence-corrected chi connectivity index (χ2v) is 6.10. The van der Waals surface area contributed by atoms with Crippen molar-refractivity contribution in [2.24, 2.45) is 0 Å². The topological polar surface area (TPSA) is 60.1 Å². The first kappa shape index (κ1) is 14.6. The summed E-state index contributed by atoms with van der Waals surface area (Å²) >= 11 is 1.66. The Morgan fingerprint density at radius 2 is 2.32 bits per heavy atom. The summed E-state index contributed by atoms with van der Waals surface area (Å²) in [6, 6.07) is 7.76. The Hall–Kier alpha value is -2.34. The first-order valence-electron chi connectivity index (χ1n) is 7.01. The number of nitrogens with one attached hydrogen (secondary N) is 1. The summed E-state index contributed by atoms with van der Waals surface area (Å²) in [7, 11) is 0. The molecule has 0 aliphatic carbocycles. The fraction of sp³-hybridized carbons (Fsp3) is 0.250. The van der Waals surface area contributed by atoms with Gasteiger partial charge < -0.3 is 9.73 Å². The van der Waals surface area contributed by atoms with E-state index in [4.69, 9.17) is 4.42 Å². The molecular formula is C16H17N3O2S. The van der Waals surface area contributed by atoms with Crippen molar-refractivity contribution in [1.82, 2.24) is 15.1 Å². The molecule has 6 heteroatoms. The maximum atomic E-state index is 12.1. The summed E-state index contributed by atoms with van der Waals surface area (Å²) in [5.41, 5.74) is 2.58. The highest BCUT2D eigenvalue weighted by Gasteiger charge is 2.19. The van der Waals surface area contributed by atoms with Crippen LogP contribution in [-0.2, 0) is 0 Å². The number of furan rings is 1. The summed E-state index contributed by atoms with van der Waals surface area (Å²) in [6.45, 7) is 4.48. The zero-order valence-electron chi connectivity index (χ0n) is 12.4. The van der Waals surface area contributed by atoms with Crippen molar-refractivity contribution in [2.75, 3.05) is 6.54 Å². The molecule has 22 heavy (non-hydrogen) atoms. The predicted molar refractivity (Wildman–Crippen MR) is 85.2 cm³/mol. The zero-order valence-corrected chi connectivity index (χ0v) is 13.3. The van der Waals surface area contributed by atoms with Crippen LogP contribution in [0.3, 0.4) is 0 Å². The average Bonchev–Trinajstić information content (AvgIpc) is 3.22. The molecule has 3 heterocycles. The molecule has 5 nitrogen and oxygen atoms in total. The standard InChI is InChI=1S/C16H17N3O2S/c1-11-8-12(2)19(18-11)14(15-4-3-7-22-15)9-17-16(20)13-5-6-21-10-13/h3-8,10,14H,9H2,1-2H3,(H,17,20)/t14-/m1/s1. The van der Waals surface area contributed by atoms with Crippen molar-refractivity contribution in [3.8, 4) is 0 Å². The Kier molecular flexibility index (Phi) is 4.11. The Morgan fingerprint density at radius 1 is 1.45 bits per heavy atom. The van der Waals surface area contributed by atoms with Crippen LogP contribution in [0.25, 0.3) is 0 Å². The number of amides is 1. The summed E-state index contributed by atoms with van der Waals surface area (Å²) in [5, 5.41) is 9.55. The van der Waals surface area contributed by atoms with Gasteiger partial charge in [-0.05, 0) is 37.4 Å². The van der Waals surface area contributed by atoms with Gasteiger partial charge in [0, 0.05) is 17.1 Å². The largest absolute Gasteiger partial charge is 0.472 e. The summed E-state index contributed by atoms with van der Waals surface area (Å²) < 4.78 is 6.91. The quantitative estimate of drug-likeness (QED) is 0.786. The van der Waals surface area contributed by atoms with Gasteiger partial charge in [-0.15, -0.1) is 11.3 Å². The number of nitrogens with zero attached hydrogens (tertiary/aromatic N) is 2. The molecule has 0 bridgehead atoms. The molecule has 0 aliphatic heterocycles. The highest BCUT2D eigenvalue weighted by molar-refractivity contribution is 7.10. The second-order valence-electron chi connectivity index (χ2n) is 5.12. The molecule has 114 valence electrons. The number of aromatic nitrogens is 2. The number of hydrogen-bond acceptors (Lipinski definition) is 4. The van der Waals surface area contributed by atoms with Gasteiger partial charge in [0.25, 0.3) is 5.91 Å². The van der Waals surface area contributed by atoms with Gasteiger partial charge in [0.2, 0.25) is 0 Å². The smallest absolute Gasteiger partial charge is 0.254 e. The lowest BCUT2D eigenvalue weighted by atomic mass is 10.2. The summed E-state index contributed by atoms with van der Waals surface area (Å²) in [4.78, 5) is 13.3. The minimum Gasteiger partial charge on any atom is -0.472 e. The Morgan fingerprint density at radius 3 is 2.91 bits per heavy atom. The number of carbonyl (C=O) groups excluding carboxylic acids is 1. The van der Waals surface area contributed by atoms with Crippen molar-refractivity contribution >= 4 is 17.2 Å². The van der Waals surface area contributed by atoms with Gasteiger partial charge in [-0.1, -0.05) is 6.07 Å². The maximum Gasteiger partial charge on any atom is 0.254 e. The lowest BCUT2D eigenvalue weighted by Gasteiger charge is -2.18. The zero-order chi connectivity index (χ0) is 15.5. The minimum atomic E-state index is -0.142. The fourth-order valence-corrected chi connectivity index (χ4v) is 3.25. The molecule has 1 atom stereocenters. The van der Waals surface area contributed by atoms with E-state index in [-0.39, 0.29) is 11.9 Å². The molecule has 0 saturated carbocycles. The van der Waals surface area contributed by atoms with Gasteiger partial charge in [0.15, 0.2) is 0 Å². The van der Waals surface area contributed by atoms with Gasteiger partial charge in [-0.25, -0.2) is 0 Å². The van der Waals surface area contributed by atoms with Crippen molar-refractivity contribution in [2.45, 2.75) is 19.9 Å². The fourth-order valence-electron chi connectivity index (χ4n) is 2.44. The first-order valence-corrected chi connectivity index (χ1v) is 7.89. The maximum absolute atomic E-state index is 12.1. The van der Waals surface area contributed by atoms with Crippen molar-refractivity contribution in [3.05, 3.63) is 64.0 Å². The molecule has 3 aromatic heterocycles. The Balaban J connectivity index is 1.81. The molecule has 0 unspecified atom stereocenters. The normalized spacial score (nSPS) is 12.3. The molecule has 3 aromatic rings. The molecule has 0 aromatic carbocycles. The molecule has 0 aliphatic rings. The van der Waals surface area contributed by atoms with Crippen LogP contribution in [0, 0.1) is 13.8 Å². The van der Waals surface area contributed by atoms with Gasteiger partial charge >= 0.3 is 0 Å². The highest BCUT2D eigenvalue weighted by atomic mass is 32.1. The van der Waals surface area contributed by atoms with E-state index in [1.807, 2.05) is 36.0 Å². The lowest BCUT2D eigenvalue weighted by Crippen LogP contribution is -2.31. The van der Waals surface area contributed by atoms with E-state index in [1.54, 1.807) is 17.4 Å². The molecule has 0 fully saturated rings. The summed E-state index contributed by atoms with van der Waals surface area (Å²) in [6.07, 6.45) is 2.94. The predicted octanol–water partition coefficient (Wildman–Crippen LogP) is 3.17. The third kappa shape index (κ3) is 2.96. The highest BCUT2D eigenvalue weighted by Crippen LogP contribution is 2.24. The average molecular weight is 315 g/mol. The molecule has 0 spiro atoms. The number of thiophene rings is 1. The number of aryl methyl sites for hydroxylation is 2. The van der Waals surface area contributed by atoms with Crippen LogP contribution >= 0.6 is 11.3 Å². The number of rotatable bonds is 5. The molecule has 0 radical (unpaired) electrons. The molecule has 3 rings (SSSR count). The van der Waals surface area contributed by atoms with E-state index in [1.165, 1.54) is 17.4 Å². The van der Waals surface area contributed by atoms with E-state index >= 15 is 0 Å².